The van der Waals surface area contributed by atoms with Crippen LogP contribution in [0.15, 0.2) is 91.5 Å². The molecule has 1 unspecified atom stereocenters. The van der Waals surface area contributed by atoms with Crippen molar-refractivity contribution in [1.29, 1.82) is 0 Å². The van der Waals surface area contributed by atoms with Crippen LogP contribution in [0.2, 0.25) is 0 Å². The number of fused-ring (bicyclic) bond motifs is 1. The van der Waals surface area contributed by atoms with Gasteiger partial charge in [-0.3, -0.25) is 0 Å². The summed E-state index contributed by atoms with van der Waals surface area (Å²) in [6, 6.07) is 23.3. The van der Waals surface area contributed by atoms with E-state index in [4.69, 9.17) is 4.74 Å². The highest BCUT2D eigenvalue weighted by Gasteiger charge is 2.20. The Morgan fingerprint density at radius 2 is 1.73 bits per heavy atom. The highest BCUT2D eigenvalue weighted by molar-refractivity contribution is 5.90. The Labute approximate surface area is 151 Å². The fourth-order valence-electron chi connectivity index (χ4n) is 3.09. The van der Waals surface area contributed by atoms with E-state index in [1.165, 1.54) is 0 Å². The fourth-order valence-corrected chi connectivity index (χ4v) is 3.09. The first-order chi connectivity index (χ1) is 12.8. The van der Waals surface area contributed by atoms with E-state index in [1.807, 2.05) is 53.2 Å². The molecule has 0 spiro atoms. The average Bonchev–Trinajstić information content (AvgIpc) is 3.21. The van der Waals surface area contributed by atoms with Crippen molar-refractivity contribution in [3.05, 3.63) is 103 Å². The summed E-state index contributed by atoms with van der Waals surface area (Å²) in [5, 5.41) is 2.21. The second-order valence-electron chi connectivity index (χ2n) is 6.09. The predicted molar refractivity (Wildman–Crippen MR) is 101 cm³/mol. The van der Waals surface area contributed by atoms with E-state index in [0.29, 0.717) is 12.1 Å². The molecule has 0 amide bonds. The zero-order chi connectivity index (χ0) is 17.8. The number of carbonyl (C=O) groups excluding carboxylic acids is 1. The lowest BCUT2D eigenvalue weighted by Crippen LogP contribution is -2.17. The van der Waals surface area contributed by atoms with Gasteiger partial charge in [0.15, 0.2) is 0 Å². The van der Waals surface area contributed by atoms with Crippen molar-refractivity contribution >= 4 is 16.7 Å². The first-order valence-electron chi connectivity index (χ1n) is 8.51. The third-order valence-electron chi connectivity index (χ3n) is 4.36. The van der Waals surface area contributed by atoms with Gasteiger partial charge in [-0.05, 0) is 22.9 Å². The van der Waals surface area contributed by atoms with Gasteiger partial charge >= 0.3 is 5.97 Å². The van der Waals surface area contributed by atoms with E-state index in [9.17, 15) is 4.79 Å². The molecule has 1 aromatic heterocycles. The highest BCUT2D eigenvalue weighted by atomic mass is 16.5. The number of carbonyl (C=O) groups is 1. The van der Waals surface area contributed by atoms with Gasteiger partial charge in [0.05, 0.1) is 18.4 Å². The molecule has 3 aromatic carbocycles. The molecule has 4 aromatic rings. The minimum Gasteiger partial charge on any atom is -0.452 e. The van der Waals surface area contributed by atoms with Crippen LogP contribution in [0.1, 0.15) is 22.0 Å². The summed E-state index contributed by atoms with van der Waals surface area (Å²) in [7, 11) is 0. The minimum atomic E-state index is -0.414. The average molecular weight is 342 g/mol. The van der Waals surface area contributed by atoms with Crippen molar-refractivity contribution in [2.45, 2.75) is 12.6 Å². The second-order valence-corrected chi connectivity index (χ2v) is 6.09. The van der Waals surface area contributed by atoms with Gasteiger partial charge < -0.3 is 9.30 Å². The SMILES string of the molecule is O=C(OC(Cn1ccnc1)c1cccc2ccccc12)c1ccccc1. The Kier molecular flexibility index (Phi) is 4.48. The molecule has 4 heteroatoms. The third kappa shape index (κ3) is 3.35. The number of imidazole rings is 1. The van der Waals surface area contributed by atoms with Gasteiger partial charge in [-0.2, -0.15) is 0 Å². The maximum Gasteiger partial charge on any atom is 0.338 e. The molecular weight excluding hydrogens is 324 g/mol. The largest absolute Gasteiger partial charge is 0.452 e. The standard InChI is InChI=1S/C22H18N2O2/c25-22(18-8-2-1-3-9-18)26-21(15-24-14-13-23-16-24)20-12-6-10-17-7-4-5-11-19(17)20/h1-14,16,21H,15H2. The van der Waals surface area contributed by atoms with Gasteiger partial charge in [-0.1, -0.05) is 60.7 Å². The van der Waals surface area contributed by atoms with E-state index in [1.54, 1.807) is 24.7 Å². The molecule has 0 N–H and O–H groups in total. The molecule has 0 saturated heterocycles. The summed E-state index contributed by atoms with van der Waals surface area (Å²) >= 11 is 0. The Bertz CT molecular complexity index is 1010. The molecular formula is C22H18N2O2. The number of benzene rings is 3. The Morgan fingerprint density at radius 3 is 2.54 bits per heavy atom. The van der Waals surface area contributed by atoms with Crippen LogP contribution in [0.3, 0.4) is 0 Å². The van der Waals surface area contributed by atoms with Gasteiger partial charge in [0.25, 0.3) is 0 Å². The number of nitrogens with zero attached hydrogens (tertiary/aromatic N) is 2. The van der Waals surface area contributed by atoms with Crippen molar-refractivity contribution in [3.8, 4) is 0 Å². The number of ether oxygens (including phenoxy) is 1. The quantitative estimate of drug-likeness (QED) is 0.497. The van der Waals surface area contributed by atoms with Crippen LogP contribution in [-0.4, -0.2) is 15.5 Å². The topological polar surface area (TPSA) is 44.1 Å². The summed E-state index contributed by atoms with van der Waals surface area (Å²) in [5.41, 5.74) is 1.53. The van der Waals surface area contributed by atoms with E-state index >= 15 is 0 Å². The van der Waals surface area contributed by atoms with Gasteiger partial charge in [-0.25, -0.2) is 9.78 Å². The maximum absolute atomic E-state index is 12.6. The number of hydrogen-bond donors (Lipinski definition) is 0. The molecule has 0 radical (unpaired) electrons. The number of hydrogen-bond acceptors (Lipinski definition) is 3. The van der Waals surface area contributed by atoms with Crippen molar-refractivity contribution in [3.63, 3.8) is 0 Å². The lowest BCUT2D eigenvalue weighted by atomic mass is 10.00. The molecule has 128 valence electrons. The fraction of sp³-hybridized carbons (Fsp3) is 0.0909. The van der Waals surface area contributed by atoms with Crippen LogP contribution >= 0.6 is 0 Å². The maximum atomic E-state index is 12.6. The second kappa shape index (κ2) is 7.23. The van der Waals surface area contributed by atoms with Gasteiger partial charge in [0, 0.05) is 18.0 Å². The van der Waals surface area contributed by atoms with Crippen LogP contribution in [-0.2, 0) is 11.3 Å². The zero-order valence-corrected chi connectivity index (χ0v) is 14.2. The van der Waals surface area contributed by atoms with Gasteiger partial charge in [0.2, 0.25) is 0 Å². The van der Waals surface area contributed by atoms with Crippen LogP contribution in [0.4, 0.5) is 0 Å². The first kappa shape index (κ1) is 16.1. The minimum absolute atomic E-state index is 0.330. The van der Waals surface area contributed by atoms with Crippen LogP contribution in [0.5, 0.6) is 0 Å². The molecule has 26 heavy (non-hydrogen) atoms. The van der Waals surface area contributed by atoms with Crippen LogP contribution in [0, 0.1) is 0 Å². The lowest BCUT2D eigenvalue weighted by Gasteiger charge is -2.20. The predicted octanol–water partition coefficient (Wildman–Crippen LogP) is 4.63. The van der Waals surface area contributed by atoms with Crippen LogP contribution < -0.4 is 0 Å². The third-order valence-corrected chi connectivity index (χ3v) is 4.36. The first-order valence-corrected chi connectivity index (χ1v) is 8.51. The summed E-state index contributed by atoms with van der Waals surface area (Å²) in [6.45, 7) is 0.507. The molecule has 4 rings (SSSR count). The molecule has 0 aliphatic carbocycles. The van der Waals surface area contributed by atoms with E-state index in [-0.39, 0.29) is 5.97 Å². The summed E-state index contributed by atoms with van der Waals surface area (Å²) in [6.07, 6.45) is 4.91. The molecule has 0 aliphatic rings. The Balaban J connectivity index is 1.72. The van der Waals surface area contributed by atoms with Crippen molar-refractivity contribution in [2.24, 2.45) is 0 Å². The van der Waals surface area contributed by atoms with Gasteiger partial charge in [-0.15, -0.1) is 0 Å². The Hall–Kier alpha value is -3.40. The van der Waals surface area contributed by atoms with E-state index in [2.05, 4.69) is 23.2 Å². The normalized spacial score (nSPS) is 12.0. The molecule has 0 aliphatic heterocycles. The smallest absolute Gasteiger partial charge is 0.338 e. The monoisotopic (exact) mass is 342 g/mol. The molecule has 1 heterocycles. The molecule has 0 saturated carbocycles. The van der Waals surface area contributed by atoms with E-state index < -0.39 is 6.10 Å². The van der Waals surface area contributed by atoms with Crippen molar-refractivity contribution in [1.82, 2.24) is 9.55 Å². The molecule has 0 fully saturated rings. The van der Waals surface area contributed by atoms with Crippen molar-refractivity contribution in [2.75, 3.05) is 0 Å². The zero-order valence-electron chi connectivity index (χ0n) is 14.2. The summed E-state index contributed by atoms with van der Waals surface area (Å²) in [5.74, 6) is -0.330. The van der Waals surface area contributed by atoms with Crippen molar-refractivity contribution < 1.29 is 9.53 Å². The summed E-state index contributed by atoms with van der Waals surface area (Å²) in [4.78, 5) is 16.7. The summed E-state index contributed by atoms with van der Waals surface area (Å²) < 4.78 is 7.84. The van der Waals surface area contributed by atoms with Gasteiger partial charge in [0.1, 0.15) is 6.10 Å². The number of esters is 1. The lowest BCUT2D eigenvalue weighted by molar-refractivity contribution is 0.0259. The molecule has 4 nitrogen and oxygen atoms in total. The number of aromatic nitrogens is 2. The van der Waals surface area contributed by atoms with E-state index in [0.717, 1.165) is 16.3 Å². The van der Waals surface area contributed by atoms with Crippen LogP contribution in [0.25, 0.3) is 10.8 Å². The highest BCUT2D eigenvalue weighted by Crippen LogP contribution is 2.28. The number of rotatable bonds is 5. The molecule has 0 bridgehead atoms. The molecule has 1 atom stereocenters. The Morgan fingerprint density at radius 1 is 0.962 bits per heavy atom.